The highest BCUT2D eigenvalue weighted by atomic mass is 32.2. The summed E-state index contributed by atoms with van der Waals surface area (Å²) in [4.78, 5) is 38.9. The van der Waals surface area contributed by atoms with E-state index < -0.39 is 16.9 Å². The van der Waals surface area contributed by atoms with Crippen molar-refractivity contribution in [3.63, 3.8) is 0 Å². The Morgan fingerprint density at radius 3 is 2.18 bits per heavy atom. The normalized spacial score (nSPS) is 14.2. The van der Waals surface area contributed by atoms with E-state index in [9.17, 15) is 24.1 Å². The van der Waals surface area contributed by atoms with Gasteiger partial charge in [-0.2, -0.15) is 0 Å². The minimum atomic E-state index is -0.523. The smallest absolute Gasteiger partial charge is 0.318 e. The zero-order chi connectivity index (χ0) is 27.7. The van der Waals surface area contributed by atoms with Gasteiger partial charge in [0.1, 0.15) is 11.5 Å². The van der Waals surface area contributed by atoms with E-state index in [1.54, 1.807) is 30.3 Å². The molecule has 1 aliphatic rings. The minimum absolute atomic E-state index is 0.0472. The molecule has 39 heavy (non-hydrogen) atoms. The van der Waals surface area contributed by atoms with Crippen molar-refractivity contribution in [2.75, 3.05) is 0 Å². The van der Waals surface area contributed by atoms with Gasteiger partial charge in [-0.15, -0.1) is 0 Å². The summed E-state index contributed by atoms with van der Waals surface area (Å²) in [7, 11) is 0. The highest BCUT2D eigenvalue weighted by molar-refractivity contribution is 7.99. The maximum atomic E-state index is 13.2. The Bertz CT molecular complexity index is 1610. The number of non-ortho nitro benzene ring substituents is 1. The van der Waals surface area contributed by atoms with Crippen LogP contribution in [0.3, 0.4) is 0 Å². The summed E-state index contributed by atoms with van der Waals surface area (Å²) in [5.41, 5.74) is 4.46. The second-order valence-corrected chi connectivity index (χ2v) is 10.2. The van der Waals surface area contributed by atoms with Crippen molar-refractivity contribution >= 4 is 35.5 Å². The van der Waals surface area contributed by atoms with E-state index in [-0.39, 0.29) is 23.7 Å². The molecule has 3 aromatic carbocycles. The number of aromatic nitrogens is 1. The van der Waals surface area contributed by atoms with Gasteiger partial charge in [0.25, 0.3) is 11.6 Å². The molecule has 0 unspecified atom stereocenters. The van der Waals surface area contributed by atoms with Crippen molar-refractivity contribution in [1.82, 2.24) is 14.8 Å². The molecule has 8 nitrogen and oxygen atoms in total. The Labute approximate surface area is 227 Å². The van der Waals surface area contributed by atoms with Gasteiger partial charge >= 0.3 is 6.03 Å². The number of carbonyl (C=O) groups excluding carboxylic acids is 2. The highest BCUT2D eigenvalue weighted by Gasteiger charge is 2.33. The molecule has 0 atom stereocenters. The molecule has 2 heterocycles. The summed E-state index contributed by atoms with van der Waals surface area (Å²) >= 11 is 1.51. The first-order valence-electron chi connectivity index (χ1n) is 12.0. The predicted molar refractivity (Wildman–Crippen MR) is 146 cm³/mol. The van der Waals surface area contributed by atoms with E-state index in [0.29, 0.717) is 5.56 Å². The number of carbonyl (C=O) groups is 2. The van der Waals surface area contributed by atoms with Gasteiger partial charge in [0.15, 0.2) is 0 Å². The third-order valence-electron chi connectivity index (χ3n) is 6.36. The zero-order valence-electron chi connectivity index (χ0n) is 21.1. The van der Waals surface area contributed by atoms with E-state index in [1.807, 2.05) is 44.2 Å². The Morgan fingerprint density at radius 1 is 0.949 bits per heavy atom. The SMILES string of the molecule is Cc1cc(/C=C2/NC(=O)N(Cc3ccc(F)cc3)C2=O)c(C)n1-c1ccc(Sc2ccc([N+](=O)[O-])cc2)cc1. The number of aryl methyl sites for hydroxylation is 1. The molecule has 1 fully saturated rings. The number of rotatable bonds is 7. The van der Waals surface area contributed by atoms with Crippen molar-refractivity contribution in [3.05, 3.63) is 123 Å². The number of hydrogen-bond acceptors (Lipinski definition) is 5. The fourth-order valence-corrected chi connectivity index (χ4v) is 5.23. The van der Waals surface area contributed by atoms with Crippen LogP contribution in [0.1, 0.15) is 22.5 Å². The zero-order valence-corrected chi connectivity index (χ0v) is 21.9. The summed E-state index contributed by atoms with van der Waals surface area (Å²) in [6, 6.07) is 21.4. The monoisotopic (exact) mass is 542 g/mol. The van der Waals surface area contributed by atoms with Crippen LogP contribution in [0, 0.1) is 29.8 Å². The predicted octanol–water partition coefficient (Wildman–Crippen LogP) is 6.39. The molecule has 0 aliphatic carbocycles. The number of nitrogens with zero attached hydrogens (tertiary/aromatic N) is 3. The standard InChI is InChI=1S/C29H23FN4O4S/c1-18-15-21(16-27-28(35)32(29(36)31-27)17-20-3-5-22(30)6-4-20)19(2)33(18)23-7-11-25(12-8-23)39-26-13-9-24(10-14-26)34(37)38/h3-16H,17H2,1-2H3,(H,31,36)/b27-16+. The first-order valence-corrected chi connectivity index (χ1v) is 12.8. The van der Waals surface area contributed by atoms with Crippen LogP contribution in [0.25, 0.3) is 11.8 Å². The van der Waals surface area contributed by atoms with E-state index in [2.05, 4.69) is 9.88 Å². The number of benzene rings is 3. The van der Waals surface area contributed by atoms with Crippen molar-refractivity contribution in [1.29, 1.82) is 0 Å². The van der Waals surface area contributed by atoms with E-state index in [4.69, 9.17) is 0 Å². The largest absolute Gasteiger partial charge is 0.329 e. The number of amides is 3. The number of urea groups is 1. The molecule has 0 saturated carbocycles. The molecule has 5 rings (SSSR count). The van der Waals surface area contributed by atoms with Crippen LogP contribution in [0.4, 0.5) is 14.9 Å². The van der Waals surface area contributed by atoms with Gasteiger partial charge in [-0.3, -0.25) is 19.8 Å². The average molecular weight is 543 g/mol. The van der Waals surface area contributed by atoms with Gasteiger partial charge in [-0.25, -0.2) is 9.18 Å². The van der Waals surface area contributed by atoms with E-state index >= 15 is 0 Å². The van der Waals surface area contributed by atoms with Crippen LogP contribution in [-0.4, -0.2) is 26.3 Å². The molecular weight excluding hydrogens is 519 g/mol. The van der Waals surface area contributed by atoms with Crippen molar-refractivity contribution in [2.24, 2.45) is 0 Å². The van der Waals surface area contributed by atoms with Crippen molar-refractivity contribution in [3.8, 4) is 5.69 Å². The quantitative estimate of drug-likeness (QED) is 0.126. The minimum Gasteiger partial charge on any atom is -0.318 e. The Hall–Kier alpha value is -4.70. The highest BCUT2D eigenvalue weighted by Crippen LogP contribution is 2.31. The van der Waals surface area contributed by atoms with Gasteiger partial charge < -0.3 is 9.88 Å². The molecule has 1 saturated heterocycles. The molecule has 10 heteroatoms. The van der Waals surface area contributed by atoms with Crippen LogP contribution in [0.5, 0.6) is 0 Å². The molecular formula is C29H23FN4O4S. The van der Waals surface area contributed by atoms with Gasteiger partial charge in [-0.1, -0.05) is 23.9 Å². The number of hydrogen-bond donors (Lipinski definition) is 1. The molecule has 1 N–H and O–H groups in total. The molecule has 1 aromatic heterocycles. The fraction of sp³-hybridized carbons (Fsp3) is 0.103. The summed E-state index contributed by atoms with van der Waals surface area (Å²) in [6.45, 7) is 3.95. The summed E-state index contributed by atoms with van der Waals surface area (Å²) in [6.07, 6.45) is 1.67. The Morgan fingerprint density at radius 2 is 1.56 bits per heavy atom. The van der Waals surface area contributed by atoms with Gasteiger partial charge in [0.2, 0.25) is 0 Å². The topological polar surface area (TPSA) is 97.5 Å². The van der Waals surface area contributed by atoms with Crippen molar-refractivity contribution in [2.45, 2.75) is 30.2 Å². The van der Waals surface area contributed by atoms with Crippen LogP contribution >= 0.6 is 11.8 Å². The lowest BCUT2D eigenvalue weighted by atomic mass is 10.2. The van der Waals surface area contributed by atoms with Crippen LogP contribution < -0.4 is 5.32 Å². The Balaban J connectivity index is 1.33. The lowest BCUT2D eigenvalue weighted by Crippen LogP contribution is -2.30. The molecule has 0 spiro atoms. The fourth-order valence-electron chi connectivity index (χ4n) is 4.41. The Kier molecular flexibility index (Phi) is 7.03. The van der Waals surface area contributed by atoms with Crippen LogP contribution in [-0.2, 0) is 11.3 Å². The lowest BCUT2D eigenvalue weighted by molar-refractivity contribution is -0.384. The lowest BCUT2D eigenvalue weighted by Gasteiger charge is -2.11. The summed E-state index contributed by atoms with van der Waals surface area (Å²) < 4.78 is 15.3. The van der Waals surface area contributed by atoms with Gasteiger partial charge in [-0.05, 0) is 85.6 Å². The maximum absolute atomic E-state index is 13.2. The third kappa shape index (κ3) is 5.46. The number of halogens is 1. The third-order valence-corrected chi connectivity index (χ3v) is 7.38. The first kappa shape index (κ1) is 25.9. The number of nitro benzene ring substituents is 1. The van der Waals surface area contributed by atoms with Crippen LogP contribution in [0.2, 0.25) is 0 Å². The molecule has 0 radical (unpaired) electrons. The molecule has 3 amide bonds. The second-order valence-electron chi connectivity index (χ2n) is 9.01. The molecule has 4 aromatic rings. The molecule has 1 aliphatic heterocycles. The molecule has 196 valence electrons. The maximum Gasteiger partial charge on any atom is 0.329 e. The first-order chi connectivity index (χ1) is 18.7. The number of nitro groups is 1. The molecule has 0 bridgehead atoms. The summed E-state index contributed by atoms with van der Waals surface area (Å²) in [5.74, 6) is -0.827. The van der Waals surface area contributed by atoms with Gasteiger partial charge in [0, 0.05) is 39.0 Å². The van der Waals surface area contributed by atoms with Crippen molar-refractivity contribution < 1.29 is 18.9 Å². The summed E-state index contributed by atoms with van der Waals surface area (Å²) in [5, 5.41) is 13.5. The van der Waals surface area contributed by atoms with E-state index in [0.717, 1.165) is 37.3 Å². The number of nitrogens with one attached hydrogen (secondary N) is 1. The van der Waals surface area contributed by atoms with Crippen LogP contribution in [0.15, 0.2) is 94.4 Å². The second kappa shape index (κ2) is 10.6. The number of imide groups is 1. The van der Waals surface area contributed by atoms with E-state index in [1.165, 1.54) is 36.0 Å². The van der Waals surface area contributed by atoms with Gasteiger partial charge in [0.05, 0.1) is 11.5 Å². The average Bonchev–Trinajstić information content (AvgIpc) is 3.34.